The summed E-state index contributed by atoms with van der Waals surface area (Å²) in [6.07, 6.45) is 10.3. The number of carbonyl (C=O) groups excluding carboxylic acids is 1. The van der Waals surface area contributed by atoms with Crippen molar-refractivity contribution in [2.75, 3.05) is 6.54 Å². The van der Waals surface area contributed by atoms with Gasteiger partial charge in [-0.2, -0.15) is 0 Å². The minimum Gasteiger partial charge on any atom is -0.293 e. The average Bonchev–Trinajstić information content (AvgIpc) is 2.97. The van der Waals surface area contributed by atoms with E-state index in [1.54, 1.807) is 0 Å². The van der Waals surface area contributed by atoms with Gasteiger partial charge in [0.1, 0.15) is 0 Å². The van der Waals surface area contributed by atoms with Gasteiger partial charge in [-0.05, 0) is 25.7 Å². The van der Waals surface area contributed by atoms with Crippen LogP contribution in [0.1, 0.15) is 51.4 Å². The predicted molar refractivity (Wildman–Crippen MR) is 63.5 cm³/mol. The fourth-order valence-electron chi connectivity index (χ4n) is 3.24. The molecule has 2 saturated carbocycles. The number of nitrogens with one attached hydrogen (secondary N) is 1. The Morgan fingerprint density at radius 3 is 1.88 bits per heavy atom. The average molecular weight is 225 g/mol. The summed E-state index contributed by atoms with van der Waals surface area (Å²) in [6.45, 7) is 0.492. The molecule has 92 valence electrons. The van der Waals surface area contributed by atoms with Crippen molar-refractivity contribution in [2.24, 2.45) is 5.84 Å². The number of amides is 1. The Hall–Kier alpha value is -0.610. The van der Waals surface area contributed by atoms with E-state index >= 15 is 0 Å². The van der Waals surface area contributed by atoms with E-state index in [-0.39, 0.29) is 5.91 Å². The van der Waals surface area contributed by atoms with E-state index in [1.165, 1.54) is 51.4 Å². The standard InChI is InChI=1S/C12H23N3O/c13-14-12(16)9-15(10-5-1-2-6-10)11-7-3-4-8-11/h10-11H,1-9,13H2,(H,14,16). The van der Waals surface area contributed by atoms with Crippen molar-refractivity contribution in [2.45, 2.75) is 63.5 Å². The third kappa shape index (κ3) is 2.74. The van der Waals surface area contributed by atoms with E-state index in [1.807, 2.05) is 0 Å². The lowest BCUT2D eigenvalue weighted by Gasteiger charge is -2.33. The van der Waals surface area contributed by atoms with E-state index in [9.17, 15) is 4.79 Å². The van der Waals surface area contributed by atoms with Crippen molar-refractivity contribution in [3.05, 3.63) is 0 Å². The maximum absolute atomic E-state index is 11.5. The molecule has 0 atom stereocenters. The highest BCUT2D eigenvalue weighted by atomic mass is 16.2. The Morgan fingerprint density at radius 2 is 1.50 bits per heavy atom. The van der Waals surface area contributed by atoms with Crippen molar-refractivity contribution in [3.63, 3.8) is 0 Å². The zero-order valence-corrected chi connectivity index (χ0v) is 9.95. The highest BCUT2D eigenvalue weighted by Crippen LogP contribution is 2.31. The highest BCUT2D eigenvalue weighted by molar-refractivity contribution is 5.77. The first kappa shape index (κ1) is 11.9. The monoisotopic (exact) mass is 225 g/mol. The van der Waals surface area contributed by atoms with Gasteiger partial charge >= 0.3 is 0 Å². The fraction of sp³-hybridized carbons (Fsp3) is 0.917. The number of nitrogens with two attached hydrogens (primary N) is 1. The van der Waals surface area contributed by atoms with Crippen LogP contribution in [-0.4, -0.2) is 29.4 Å². The van der Waals surface area contributed by atoms with Gasteiger partial charge in [-0.1, -0.05) is 25.7 Å². The van der Waals surface area contributed by atoms with E-state index in [0.29, 0.717) is 18.6 Å². The number of hydrazine groups is 1. The van der Waals surface area contributed by atoms with Crippen LogP contribution >= 0.6 is 0 Å². The van der Waals surface area contributed by atoms with Crippen LogP contribution in [0.4, 0.5) is 0 Å². The first-order valence-corrected chi connectivity index (χ1v) is 6.56. The summed E-state index contributed by atoms with van der Waals surface area (Å²) in [5.41, 5.74) is 2.26. The lowest BCUT2D eigenvalue weighted by Crippen LogP contribution is -2.48. The molecule has 0 aromatic rings. The molecule has 2 fully saturated rings. The lowest BCUT2D eigenvalue weighted by molar-refractivity contribution is -0.123. The summed E-state index contributed by atoms with van der Waals surface area (Å²) in [5, 5.41) is 0. The highest BCUT2D eigenvalue weighted by Gasteiger charge is 2.31. The van der Waals surface area contributed by atoms with Crippen molar-refractivity contribution < 1.29 is 4.79 Å². The first-order valence-electron chi connectivity index (χ1n) is 6.56. The molecule has 16 heavy (non-hydrogen) atoms. The third-order valence-corrected chi connectivity index (χ3v) is 4.07. The molecule has 2 aliphatic carbocycles. The van der Waals surface area contributed by atoms with E-state index in [4.69, 9.17) is 5.84 Å². The second-order valence-corrected chi connectivity index (χ2v) is 5.12. The Morgan fingerprint density at radius 1 is 1.06 bits per heavy atom. The molecule has 0 spiro atoms. The van der Waals surface area contributed by atoms with Crippen LogP contribution in [0, 0.1) is 0 Å². The molecule has 1 amide bonds. The number of hydrogen-bond donors (Lipinski definition) is 2. The maximum Gasteiger partial charge on any atom is 0.248 e. The Balaban J connectivity index is 1.96. The molecule has 2 rings (SSSR count). The molecule has 0 saturated heterocycles. The molecule has 0 aromatic heterocycles. The van der Waals surface area contributed by atoms with Crippen molar-refractivity contribution in [1.29, 1.82) is 0 Å². The Kier molecular flexibility index (Phi) is 4.18. The van der Waals surface area contributed by atoms with Crippen LogP contribution in [-0.2, 0) is 4.79 Å². The third-order valence-electron chi connectivity index (χ3n) is 4.07. The number of carbonyl (C=O) groups is 1. The Bertz CT molecular complexity index is 216. The largest absolute Gasteiger partial charge is 0.293 e. The van der Waals surface area contributed by atoms with Gasteiger partial charge in [0.2, 0.25) is 5.91 Å². The van der Waals surface area contributed by atoms with Crippen molar-refractivity contribution >= 4 is 5.91 Å². The molecular formula is C12H23N3O. The summed E-state index contributed by atoms with van der Waals surface area (Å²) in [6, 6.07) is 1.25. The number of hydrogen-bond acceptors (Lipinski definition) is 3. The van der Waals surface area contributed by atoms with Gasteiger partial charge in [-0.15, -0.1) is 0 Å². The van der Waals surface area contributed by atoms with Crippen LogP contribution < -0.4 is 11.3 Å². The second kappa shape index (κ2) is 5.64. The van der Waals surface area contributed by atoms with Crippen LogP contribution in [0.25, 0.3) is 0 Å². The van der Waals surface area contributed by atoms with Gasteiger partial charge in [0.15, 0.2) is 0 Å². The molecule has 0 aromatic carbocycles. The van der Waals surface area contributed by atoms with Gasteiger partial charge in [-0.25, -0.2) is 5.84 Å². The molecular weight excluding hydrogens is 202 g/mol. The molecule has 0 unspecified atom stereocenters. The van der Waals surface area contributed by atoms with E-state index in [0.717, 1.165) is 0 Å². The summed E-state index contributed by atoms with van der Waals surface area (Å²) in [4.78, 5) is 13.9. The Labute approximate surface area is 97.5 Å². The molecule has 0 aliphatic heterocycles. The minimum absolute atomic E-state index is 0.0428. The minimum atomic E-state index is -0.0428. The second-order valence-electron chi connectivity index (χ2n) is 5.12. The van der Waals surface area contributed by atoms with Crippen LogP contribution in [0.2, 0.25) is 0 Å². The number of rotatable bonds is 4. The van der Waals surface area contributed by atoms with E-state index in [2.05, 4.69) is 10.3 Å². The quantitative estimate of drug-likeness (QED) is 0.429. The smallest absolute Gasteiger partial charge is 0.248 e. The van der Waals surface area contributed by atoms with Gasteiger partial charge in [0.25, 0.3) is 0 Å². The molecule has 3 N–H and O–H groups in total. The van der Waals surface area contributed by atoms with Gasteiger partial charge in [-0.3, -0.25) is 15.1 Å². The summed E-state index contributed by atoms with van der Waals surface area (Å²) >= 11 is 0. The summed E-state index contributed by atoms with van der Waals surface area (Å²) < 4.78 is 0. The SMILES string of the molecule is NNC(=O)CN(C1CCCC1)C1CCCC1. The summed E-state index contributed by atoms with van der Waals surface area (Å²) in [5.74, 6) is 5.15. The van der Waals surface area contributed by atoms with Crippen LogP contribution in [0.3, 0.4) is 0 Å². The number of nitrogens with zero attached hydrogens (tertiary/aromatic N) is 1. The zero-order chi connectivity index (χ0) is 11.4. The normalized spacial score (nSPS) is 23.1. The molecule has 4 nitrogen and oxygen atoms in total. The van der Waals surface area contributed by atoms with Gasteiger partial charge in [0, 0.05) is 12.1 Å². The summed E-state index contributed by atoms with van der Waals surface area (Å²) in [7, 11) is 0. The fourth-order valence-corrected chi connectivity index (χ4v) is 3.24. The van der Waals surface area contributed by atoms with Gasteiger partial charge in [0.05, 0.1) is 6.54 Å². The molecule has 0 heterocycles. The topological polar surface area (TPSA) is 58.4 Å². The van der Waals surface area contributed by atoms with Gasteiger partial charge < -0.3 is 0 Å². The maximum atomic E-state index is 11.5. The van der Waals surface area contributed by atoms with Crippen molar-refractivity contribution in [1.82, 2.24) is 10.3 Å². The van der Waals surface area contributed by atoms with Crippen molar-refractivity contribution in [3.8, 4) is 0 Å². The first-order chi connectivity index (χ1) is 7.81. The predicted octanol–water partition coefficient (Wildman–Crippen LogP) is 1.16. The molecule has 0 bridgehead atoms. The lowest BCUT2D eigenvalue weighted by atomic mass is 10.1. The molecule has 2 aliphatic rings. The van der Waals surface area contributed by atoms with Crippen LogP contribution in [0.15, 0.2) is 0 Å². The van der Waals surface area contributed by atoms with E-state index < -0.39 is 0 Å². The van der Waals surface area contributed by atoms with Crippen LogP contribution in [0.5, 0.6) is 0 Å². The zero-order valence-electron chi connectivity index (χ0n) is 9.95. The molecule has 4 heteroatoms. The molecule has 0 radical (unpaired) electrons.